The number of carbonyl (C=O) groups excluding carboxylic acids is 3. The van der Waals surface area contributed by atoms with E-state index in [2.05, 4.69) is 31.2 Å². The number of nitrogens with zero attached hydrogens (tertiary/aromatic N) is 2. The van der Waals surface area contributed by atoms with Crippen molar-refractivity contribution < 1.29 is 92.6 Å². The molecule has 0 bridgehead atoms. The number of rotatable bonds is 23. The van der Waals surface area contributed by atoms with Crippen LogP contribution in [0.15, 0.2) is 134 Å². The molecule has 8 aromatic rings. The van der Waals surface area contributed by atoms with Gasteiger partial charge in [0.1, 0.15) is 29.7 Å². The van der Waals surface area contributed by atoms with Crippen molar-refractivity contribution in [1.82, 2.24) is 9.97 Å². The van der Waals surface area contributed by atoms with Crippen molar-refractivity contribution in [3.05, 3.63) is 156 Å². The SMILES string of the molecule is COc1cc2c(Oc3ccc(NC(=O)Nc4ccc(C(F)(F)F)cc4)cc3F)ccnc2cc1OCCCC(N)C(=O)O.COc1cc2c(Oc3ccc(NC(=O)Nc4ccc(C(F)(F)F)cc4)cc3F)ccnc2cc1OCCCC(N)C(=O)OC1CCCC1. The highest BCUT2D eigenvalue weighted by Crippen LogP contribution is 2.41. The van der Waals surface area contributed by atoms with Crippen LogP contribution in [0.1, 0.15) is 62.5 Å². The van der Waals surface area contributed by atoms with Crippen LogP contribution in [0.5, 0.6) is 46.0 Å². The van der Waals surface area contributed by atoms with E-state index in [4.69, 9.17) is 49.7 Å². The van der Waals surface area contributed by atoms with Crippen LogP contribution in [0, 0.1) is 11.6 Å². The number of ether oxygens (including phenoxy) is 7. The molecule has 0 spiro atoms. The number of methoxy groups -OCH3 is 2. The van der Waals surface area contributed by atoms with Crippen molar-refractivity contribution in [2.24, 2.45) is 11.5 Å². The monoisotopic (exact) mass is 1270 g/mol. The molecule has 91 heavy (non-hydrogen) atoms. The first-order valence-electron chi connectivity index (χ1n) is 28.0. The number of carboxylic acids is 1. The summed E-state index contributed by atoms with van der Waals surface area (Å²) in [6, 6.07) is 21.5. The highest BCUT2D eigenvalue weighted by Gasteiger charge is 2.31. The van der Waals surface area contributed by atoms with E-state index >= 15 is 4.39 Å². The van der Waals surface area contributed by atoms with Gasteiger partial charge in [-0.3, -0.25) is 19.6 Å². The van der Waals surface area contributed by atoms with Gasteiger partial charge in [-0.1, -0.05) is 0 Å². The van der Waals surface area contributed by atoms with Crippen LogP contribution in [-0.4, -0.2) is 84.7 Å². The number of pyridine rings is 2. The number of nitrogens with two attached hydrogens (primary N) is 2. The summed E-state index contributed by atoms with van der Waals surface area (Å²) in [6.45, 7) is 0.448. The summed E-state index contributed by atoms with van der Waals surface area (Å²) in [5, 5.41) is 19.5. The summed E-state index contributed by atoms with van der Waals surface area (Å²) in [4.78, 5) is 56.4. The number of carboxylic acid groups (broad SMARTS) is 1. The van der Waals surface area contributed by atoms with Crippen LogP contribution >= 0.6 is 0 Å². The quantitative estimate of drug-likeness (QED) is 0.0178. The van der Waals surface area contributed by atoms with Crippen LogP contribution in [0.3, 0.4) is 0 Å². The smallest absolute Gasteiger partial charge is 0.416 e. The Bertz CT molecular complexity index is 3860. The molecule has 2 aromatic heterocycles. The number of carbonyl (C=O) groups is 4. The number of halogens is 8. The fraction of sp³-hybridized carbons (Fsp3) is 0.270. The third kappa shape index (κ3) is 18.7. The van der Waals surface area contributed by atoms with Crippen LogP contribution < -0.4 is 61.2 Å². The number of aromatic nitrogens is 2. The zero-order valence-corrected chi connectivity index (χ0v) is 48.5. The molecule has 0 saturated heterocycles. The van der Waals surface area contributed by atoms with E-state index in [1.165, 1.54) is 56.9 Å². The Kier molecular flexibility index (Phi) is 22.2. The van der Waals surface area contributed by atoms with Crippen molar-refractivity contribution in [2.45, 2.75) is 81.9 Å². The first-order valence-corrected chi connectivity index (χ1v) is 28.0. The van der Waals surface area contributed by atoms with Gasteiger partial charge in [0, 0.05) is 70.2 Å². The second-order valence-electron chi connectivity index (χ2n) is 20.3. The lowest BCUT2D eigenvalue weighted by molar-refractivity contribution is -0.150. The maximum absolute atomic E-state index is 15.1. The van der Waals surface area contributed by atoms with E-state index in [0.717, 1.165) is 86.3 Å². The number of hydrogen-bond acceptors (Lipinski definition) is 15. The third-order valence-electron chi connectivity index (χ3n) is 13.8. The highest BCUT2D eigenvalue weighted by molar-refractivity contribution is 6.00. The molecule has 0 radical (unpaired) electrons. The van der Waals surface area contributed by atoms with Crippen molar-refractivity contribution in [3.63, 3.8) is 0 Å². The van der Waals surface area contributed by atoms with E-state index in [9.17, 15) is 49.9 Å². The minimum atomic E-state index is -4.50. The van der Waals surface area contributed by atoms with Crippen molar-refractivity contribution in [1.29, 1.82) is 0 Å². The van der Waals surface area contributed by atoms with Gasteiger partial charge in [0.2, 0.25) is 0 Å². The second-order valence-corrected chi connectivity index (χ2v) is 20.3. The van der Waals surface area contributed by atoms with E-state index < -0.39 is 71.2 Å². The summed E-state index contributed by atoms with van der Waals surface area (Å²) in [6.07, 6.45) is -0.722. The molecule has 2 atom stereocenters. The average molecular weight is 1270 g/mol. The van der Waals surface area contributed by atoms with Gasteiger partial charge in [0.25, 0.3) is 0 Å². The van der Waals surface area contributed by atoms with Crippen LogP contribution in [0.2, 0.25) is 0 Å². The fourth-order valence-corrected chi connectivity index (χ4v) is 9.08. The number of hydrogen-bond donors (Lipinski definition) is 7. The molecular formula is C63H60F8N8O12. The van der Waals surface area contributed by atoms with Gasteiger partial charge in [0.15, 0.2) is 46.1 Å². The van der Waals surface area contributed by atoms with E-state index in [0.29, 0.717) is 64.1 Å². The molecule has 1 aliphatic carbocycles. The van der Waals surface area contributed by atoms with Crippen LogP contribution in [0.25, 0.3) is 21.8 Å². The summed E-state index contributed by atoms with van der Waals surface area (Å²) in [5.41, 5.74) is 11.1. The molecule has 2 heterocycles. The minimum Gasteiger partial charge on any atom is -0.493 e. The van der Waals surface area contributed by atoms with E-state index in [1.807, 2.05) is 0 Å². The number of esters is 1. The molecule has 1 fully saturated rings. The average Bonchev–Trinajstić information content (AvgIpc) is 1.01. The Morgan fingerprint density at radius 2 is 0.923 bits per heavy atom. The number of benzene rings is 6. The topological polar surface area (TPSA) is 279 Å². The molecule has 28 heteroatoms. The maximum atomic E-state index is 15.1. The zero-order valence-electron chi connectivity index (χ0n) is 48.5. The number of alkyl halides is 6. The number of nitrogens with one attached hydrogen (secondary N) is 4. The molecule has 2 unspecified atom stereocenters. The van der Waals surface area contributed by atoms with Gasteiger partial charge < -0.3 is 71.0 Å². The molecule has 20 nitrogen and oxygen atoms in total. The van der Waals surface area contributed by atoms with Gasteiger partial charge in [-0.25, -0.2) is 18.4 Å². The standard InChI is InChI=1S/C34H34F4N4O6.C29H26F4N4O6/c1-45-30-18-24-27(19-31(30)46-16-4-7-26(39)32(43)47-23-5-2-3-6-23)40-15-14-28(24)48-29-13-12-22(17-25(29)35)42-33(44)41-21-10-8-20(9-11-21)34(36,37)38;1-41-25-14-19-22(15-26(25)42-12-2-3-21(34)27(38)39)35-11-10-23(19)43-24-9-8-18(13-20(24)30)37-28(40)36-17-6-4-16(5-7-17)29(31,32)33/h8-15,17-19,23,26H,2-7,16,39H2,1H3,(H2,41,42,44);4-11,13-15,21H,2-3,12,34H2,1H3,(H,38,39)(H2,36,37,40). The molecule has 0 aliphatic heterocycles. The first-order chi connectivity index (χ1) is 43.4. The number of urea groups is 2. The van der Waals surface area contributed by atoms with Gasteiger partial charge in [-0.2, -0.15) is 26.3 Å². The van der Waals surface area contributed by atoms with Gasteiger partial charge in [-0.15, -0.1) is 0 Å². The number of fused-ring (bicyclic) bond motifs is 2. The Balaban J connectivity index is 0.000000236. The van der Waals surface area contributed by atoms with Crippen molar-refractivity contribution in [3.8, 4) is 46.0 Å². The predicted molar refractivity (Wildman–Crippen MR) is 319 cm³/mol. The lowest BCUT2D eigenvalue weighted by Gasteiger charge is -2.16. The van der Waals surface area contributed by atoms with Gasteiger partial charge in [-0.05, 0) is 148 Å². The predicted octanol–water partition coefficient (Wildman–Crippen LogP) is 14.2. The first kappa shape index (κ1) is 66.7. The molecule has 9 rings (SSSR count). The minimum absolute atomic E-state index is 0.0413. The second kappa shape index (κ2) is 30.3. The van der Waals surface area contributed by atoms with Crippen LogP contribution in [0.4, 0.5) is 67.5 Å². The highest BCUT2D eigenvalue weighted by atomic mass is 19.4. The zero-order chi connectivity index (χ0) is 65.4. The number of aliphatic carboxylic acids is 1. The molecule has 6 aromatic carbocycles. The van der Waals surface area contributed by atoms with Gasteiger partial charge in [0.05, 0.1) is 49.6 Å². The van der Waals surface area contributed by atoms with Crippen molar-refractivity contribution >= 4 is 68.6 Å². The molecular weight excluding hydrogens is 1210 g/mol. The Morgan fingerprint density at radius 3 is 1.31 bits per heavy atom. The molecule has 4 amide bonds. The molecule has 480 valence electrons. The fourth-order valence-electron chi connectivity index (χ4n) is 9.08. The maximum Gasteiger partial charge on any atom is 0.416 e. The largest absolute Gasteiger partial charge is 0.493 e. The Hall–Kier alpha value is -10.2. The van der Waals surface area contributed by atoms with Crippen molar-refractivity contribution in [2.75, 3.05) is 48.7 Å². The summed E-state index contributed by atoms with van der Waals surface area (Å²) < 4.78 is 146. The third-order valence-corrected chi connectivity index (χ3v) is 13.8. The Labute approximate surface area is 514 Å². The number of amides is 4. The number of anilines is 4. The molecule has 1 aliphatic rings. The summed E-state index contributed by atoms with van der Waals surface area (Å²) in [7, 11) is 2.91. The summed E-state index contributed by atoms with van der Waals surface area (Å²) >= 11 is 0. The van der Waals surface area contributed by atoms with E-state index in [-0.39, 0.29) is 71.5 Å². The summed E-state index contributed by atoms with van der Waals surface area (Å²) in [5.74, 6) is -1.36. The van der Waals surface area contributed by atoms with Gasteiger partial charge >= 0.3 is 36.4 Å². The molecule has 1 saturated carbocycles. The van der Waals surface area contributed by atoms with E-state index in [1.54, 1.807) is 30.3 Å². The lowest BCUT2D eigenvalue weighted by atomic mass is 10.1. The lowest BCUT2D eigenvalue weighted by Crippen LogP contribution is -2.34. The Morgan fingerprint density at radius 1 is 0.527 bits per heavy atom. The normalized spacial score (nSPS) is 13.0. The molecule has 9 N–H and O–H groups in total. The van der Waals surface area contributed by atoms with Crippen LogP contribution in [-0.2, 0) is 26.7 Å².